The topological polar surface area (TPSA) is 194 Å². The molecule has 0 fully saturated rings. The molecular weight excluding hydrogens is 865 g/mol. The van der Waals surface area contributed by atoms with E-state index in [0.717, 1.165) is 36.1 Å². The molecule has 2 amide bonds. The maximum Gasteiger partial charge on any atom is 1.00 e. The SMILES string of the molecule is CC(=O)N1CCC(c2ccccc2)=C(CCl)C1.CC(=O)N1CCC(c2ccccc2)=C(COc2cccc(O)c2C=O)C1.O=CO[O-].O=Cc1c(O)cccc1O.[2H]CF.[H-].[K+].[K+]. The molecule has 0 aromatic heterocycles. The zero-order valence-corrected chi connectivity index (χ0v) is 41.6. The Hall–Kier alpha value is -3.24. The van der Waals surface area contributed by atoms with Crippen molar-refractivity contribution in [2.24, 2.45) is 0 Å². The molecule has 61 heavy (non-hydrogen) atoms. The van der Waals surface area contributed by atoms with Crippen LogP contribution >= 0.6 is 11.6 Å². The van der Waals surface area contributed by atoms with Gasteiger partial charge in [0.1, 0.15) is 29.6 Å². The molecule has 3 N–H and O–H groups in total. The number of ether oxygens (including phenoxy) is 1. The van der Waals surface area contributed by atoms with Crippen LogP contribution in [0.2, 0.25) is 0 Å². The van der Waals surface area contributed by atoms with Crippen LogP contribution in [0.3, 0.4) is 0 Å². The number of hydrogen-bond donors (Lipinski definition) is 3. The number of hydrogen-bond acceptors (Lipinski definition) is 11. The van der Waals surface area contributed by atoms with E-state index in [1.165, 1.54) is 41.0 Å². The van der Waals surface area contributed by atoms with Crippen molar-refractivity contribution >= 4 is 53.6 Å². The minimum atomic E-state index is -1.00. The van der Waals surface area contributed by atoms with Gasteiger partial charge in [0.25, 0.3) is 6.47 Å². The molecule has 17 heteroatoms. The average molecular weight is 915 g/mol. The minimum absolute atomic E-state index is 0. The number of nitrogens with zero attached hydrogens (tertiary/aromatic N) is 2. The molecule has 2 aliphatic rings. The van der Waals surface area contributed by atoms with E-state index >= 15 is 0 Å². The van der Waals surface area contributed by atoms with Crippen molar-refractivity contribution in [1.29, 1.82) is 0 Å². The largest absolute Gasteiger partial charge is 1.00 e. The molecule has 0 saturated carbocycles. The molecule has 0 radical (unpaired) electrons. The fraction of sp³-hybridized carbons (Fsp3) is 0.250. The Balaban J connectivity index is 0. The van der Waals surface area contributed by atoms with Gasteiger partial charge in [-0.05, 0) is 70.5 Å². The van der Waals surface area contributed by atoms with E-state index in [4.69, 9.17) is 38.0 Å². The van der Waals surface area contributed by atoms with Crippen molar-refractivity contribution in [1.82, 2.24) is 9.80 Å². The van der Waals surface area contributed by atoms with Crippen LogP contribution in [0.5, 0.6) is 23.0 Å². The zero-order chi connectivity index (χ0) is 44.5. The van der Waals surface area contributed by atoms with Crippen molar-refractivity contribution in [2.45, 2.75) is 26.7 Å². The van der Waals surface area contributed by atoms with E-state index in [0.29, 0.717) is 43.8 Å². The number of alkyl halides is 2. The first-order valence-electron chi connectivity index (χ1n) is 18.6. The van der Waals surface area contributed by atoms with Crippen LogP contribution in [0.25, 0.3) is 11.1 Å². The second-order valence-corrected chi connectivity index (χ2v) is 12.8. The van der Waals surface area contributed by atoms with Gasteiger partial charge < -0.3 is 41.4 Å². The summed E-state index contributed by atoms with van der Waals surface area (Å²) in [6, 6.07) is 29.2. The predicted octanol–water partition coefficient (Wildman–Crippen LogP) is 0.272. The molecule has 2 aliphatic heterocycles. The Labute approximate surface area is 447 Å². The molecule has 0 unspecified atom stereocenters. The first-order chi connectivity index (χ1) is 28.9. The number of aldehydes is 2. The van der Waals surface area contributed by atoms with Crippen LogP contribution < -0.4 is 113 Å². The van der Waals surface area contributed by atoms with E-state index in [1.54, 1.807) is 30.9 Å². The molecule has 2 heterocycles. The van der Waals surface area contributed by atoms with Gasteiger partial charge in [-0.25, -0.2) is 0 Å². The van der Waals surface area contributed by atoms with Gasteiger partial charge in [-0.1, -0.05) is 72.8 Å². The quantitative estimate of drug-likeness (QED) is 0.0687. The Bertz CT molecular complexity index is 2070. The summed E-state index contributed by atoms with van der Waals surface area (Å²) >= 11 is 6.00. The molecule has 4 aromatic carbocycles. The van der Waals surface area contributed by atoms with Gasteiger partial charge in [0.05, 0.1) is 19.7 Å². The van der Waals surface area contributed by atoms with Gasteiger partial charge in [-0.3, -0.25) is 28.4 Å². The Morgan fingerprint density at radius 2 is 1.13 bits per heavy atom. The number of benzene rings is 4. The van der Waals surface area contributed by atoms with E-state index in [2.05, 4.69) is 17.0 Å². The summed E-state index contributed by atoms with van der Waals surface area (Å²) in [5.41, 5.74) is 7.04. The second kappa shape index (κ2) is 32.4. The van der Waals surface area contributed by atoms with Gasteiger partial charge in [-0.2, -0.15) is 0 Å². The fourth-order valence-electron chi connectivity index (χ4n) is 6.03. The first kappa shape index (κ1) is 55.8. The number of rotatable bonds is 9. The van der Waals surface area contributed by atoms with Gasteiger partial charge in [0, 0.05) is 45.9 Å². The normalized spacial score (nSPS) is 12.8. The summed E-state index contributed by atoms with van der Waals surface area (Å²) in [7, 11) is -1.00. The summed E-state index contributed by atoms with van der Waals surface area (Å²) in [6.07, 6.45) is 2.64. The standard InChI is InChI=1S/C21H21NO4.C14H16ClNO.C7H6O3.CH3F.CH2O3.2K.H/c1-15(24)22-11-10-18(16-6-3-2-4-7-16)17(12-22)14-26-21-9-5-8-20(25)19(21)13-23;1-11(17)16-8-7-14(13(9-15)10-16)12-5-3-2-4-6-12;8-4-5-6(9)2-1-3-7(5)10;1-2;2-1-4-3;;;/h2-9,13,25H,10-12,14H2,1H3;2-6H,7-10H2,1H3;1-4,9-10H;1H3;1,3H;;;/q;;;;;2*+1;-1/p-1/i;;;1D;;;;. The van der Waals surface area contributed by atoms with Gasteiger partial charge in [-0.15, -0.1) is 11.6 Å². The summed E-state index contributed by atoms with van der Waals surface area (Å²) < 4.78 is 21.3. The smallest absolute Gasteiger partial charge is 1.00 e. The molecule has 0 saturated heterocycles. The fourth-order valence-corrected chi connectivity index (χ4v) is 6.28. The zero-order valence-electron chi connectivity index (χ0n) is 36.6. The van der Waals surface area contributed by atoms with Crippen molar-refractivity contribution in [3.8, 4) is 23.0 Å². The number of phenols is 3. The van der Waals surface area contributed by atoms with Gasteiger partial charge >= 0.3 is 103 Å². The third-order valence-electron chi connectivity index (χ3n) is 8.96. The van der Waals surface area contributed by atoms with E-state index in [9.17, 15) is 28.7 Å². The third-order valence-corrected chi connectivity index (χ3v) is 9.28. The van der Waals surface area contributed by atoms with Crippen molar-refractivity contribution < 1.29 is 164 Å². The maximum absolute atomic E-state index is 11.8. The van der Waals surface area contributed by atoms with Crippen molar-refractivity contribution in [2.75, 3.05) is 45.8 Å². The molecule has 0 atom stereocenters. The third kappa shape index (κ3) is 19.0. The number of aromatic hydroxyl groups is 3. The number of amides is 2. The number of carbonyl (C=O) groups is 5. The number of carbonyl (C=O) groups excluding carboxylic acids is 5. The summed E-state index contributed by atoms with van der Waals surface area (Å²) in [5.74, 6) is 0.475. The summed E-state index contributed by atoms with van der Waals surface area (Å²) in [6.45, 7) is 5.87. The molecule has 6 rings (SSSR count). The molecule has 0 bridgehead atoms. The van der Waals surface area contributed by atoms with Crippen LogP contribution in [0.15, 0.2) is 108 Å². The Morgan fingerprint density at radius 3 is 1.51 bits per heavy atom. The summed E-state index contributed by atoms with van der Waals surface area (Å²) in [5, 5.41) is 36.0. The maximum atomic E-state index is 11.8. The van der Waals surface area contributed by atoms with Crippen LogP contribution in [-0.2, 0) is 19.3 Å². The molecule has 4 aromatic rings. The average Bonchev–Trinajstić information content (AvgIpc) is 3.26. The van der Waals surface area contributed by atoms with E-state index < -0.39 is 7.15 Å². The number of phenolic OH excluding ortho intramolecular Hbond substituents is 3. The Morgan fingerprint density at radius 1 is 0.738 bits per heavy atom. The molecule has 0 spiro atoms. The van der Waals surface area contributed by atoms with Crippen LogP contribution in [0.1, 0.15) is 61.3 Å². The van der Waals surface area contributed by atoms with Crippen LogP contribution in [0, 0.1) is 0 Å². The minimum Gasteiger partial charge on any atom is -1.00 e. The van der Waals surface area contributed by atoms with E-state index in [1.807, 2.05) is 53.4 Å². The van der Waals surface area contributed by atoms with Crippen molar-refractivity contribution in [3.05, 3.63) is 130 Å². The monoisotopic (exact) mass is 913 g/mol. The molecule has 13 nitrogen and oxygen atoms in total. The van der Waals surface area contributed by atoms with Crippen molar-refractivity contribution in [3.63, 3.8) is 0 Å². The van der Waals surface area contributed by atoms with Gasteiger partial charge in [0.15, 0.2) is 12.6 Å². The summed E-state index contributed by atoms with van der Waals surface area (Å²) in [4.78, 5) is 59.4. The van der Waals surface area contributed by atoms with Crippen LogP contribution in [-0.4, -0.2) is 102 Å². The first-order valence-corrected chi connectivity index (χ1v) is 18.5. The van der Waals surface area contributed by atoms with Gasteiger partial charge in [0.2, 0.25) is 11.8 Å². The number of halogens is 2. The second-order valence-electron chi connectivity index (χ2n) is 12.5. The molecule has 316 valence electrons. The van der Waals surface area contributed by atoms with Crippen LogP contribution in [0.4, 0.5) is 4.39 Å². The Kier molecular flexibility index (Phi) is 29.7. The molecular formula is C44H48ClFK2N2O11. The van der Waals surface area contributed by atoms with E-state index in [-0.39, 0.29) is 157 Å². The molecule has 0 aliphatic carbocycles. The predicted molar refractivity (Wildman–Crippen MR) is 221 cm³/mol.